The molecule has 0 fully saturated rings. The van der Waals surface area contributed by atoms with Crippen LogP contribution >= 0.6 is 0 Å². The van der Waals surface area contributed by atoms with Crippen LogP contribution in [0.15, 0.2) is 48.5 Å². The lowest BCUT2D eigenvalue weighted by atomic mass is 10.1. The largest absolute Gasteiger partial charge is 0.489 e. The smallest absolute Gasteiger partial charge is 0.122 e. The van der Waals surface area contributed by atoms with Gasteiger partial charge in [0.15, 0.2) is 0 Å². The highest BCUT2D eigenvalue weighted by molar-refractivity contribution is 5.37. The van der Waals surface area contributed by atoms with E-state index in [2.05, 4.69) is 42.6 Å². The maximum Gasteiger partial charge on any atom is 0.122 e. The summed E-state index contributed by atoms with van der Waals surface area (Å²) in [5.41, 5.74) is 3.69. The van der Waals surface area contributed by atoms with E-state index in [1.54, 1.807) is 0 Å². The Hall–Kier alpha value is -1.80. The second-order valence-electron chi connectivity index (χ2n) is 4.73. The van der Waals surface area contributed by atoms with Crippen molar-refractivity contribution in [2.75, 3.05) is 13.6 Å². The van der Waals surface area contributed by atoms with Gasteiger partial charge in [-0.1, -0.05) is 42.5 Å². The minimum Gasteiger partial charge on any atom is -0.489 e. The molecule has 2 heteroatoms. The van der Waals surface area contributed by atoms with E-state index in [1.165, 1.54) is 16.7 Å². The van der Waals surface area contributed by atoms with Crippen molar-refractivity contribution in [2.45, 2.75) is 20.0 Å². The molecular formula is C17H21NO. The average Bonchev–Trinajstić information content (AvgIpc) is 2.46. The summed E-state index contributed by atoms with van der Waals surface area (Å²) >= 11 is 0. The van der Waals surface area contributed by atoms with Crippen LogP contribution in [0.1, 0.15) is 16.7 Å². The molecule has 0 spiro atoms. The van der Waals surface area contributed by atoms with E-state index >= 15 is 0 Å². The van der Waals surface area contributed by atoms with Gasteiger partial charge < -0.3 is 10.1 Å². The zero-order valence-corrected chi connectivity index (χ0v) is 11.6. The van der Waals surface area contributed by atoms with E-state index in [4.69, 9.17) is 4.74 Å². The van der Waals surface area contributed by atoms with E-state index in [0.29, 0.717) is 6.61 Å². The molecule has 1 N–H and O–H groups in total. The first-order valence-corrected chi connectivity index (χ1v) is 6.70. The Morgan fingerprint density at radius 3 is 2.53 bits per heavy atom. The molecule has 2 aromatic carbocycles. The van der Waals surface area contributed by atoms with Crippen LogP contribution in [-0.4, -0.2) is 13.6 Å². The van der Waals surface area contributed by atoms with Gasteiger partial charge in [0.2, 0.25) is 0 Å². The molecule has 2 nitrogen and oxygen atoms in total. The molecule has 0 saturated carbocycles. The van der Waals surface area contributed by atoms with Gasteiger partial charge in [-0.25, -0.2) is 0 Å². The minimum absolute atomic E-state index is 0.622. The molecule has 0 radical (unpaired) electrons. The number of hydrogen-bond acceptors (Lipinski definition) is 2. The molecule has 100 valence electrons. The lowest BCUT2D eigenvalue weighted by molar-refractivity contribution is 0.304. The minimum atomic E-state index is 0.622. The fourth-order valence-electron chi connectivity index (χ4n) is 1.96. The van der Waals surface area contributed by atoms with E-state index in [-0.39, 0.29) is 0 Å². The van der Waals surface area contributed by atoms with Crippen LogP contribution in [-0.2, 0) is 13.0 Å². The summed E-state index contributed by atoms with van der Waals surface area (Å²) in [5.74, 6) is 0.984. The van der Waals surface area contributed by atoms with E-state index in [0.717, 1.165) is 18.7 Å². The molecule has 0 aromatic heterocycles. The molecule has 0 atom stereocenters. The highest BCUT2D eigenvalue weighted by Crippen LogP contribution is 2.21. The third kappa shape index (κ3) is 4.11. The van der Waals surface area contributed by atoms with Crippen LogP contribution in [0.25, 0.3) is 0 Å². The standard InChI is InChI=1S/C17H21NO/c1-14-8-9-15(10-11-18-2)12-17(14)19-13-16-6-4-3-5-7-16/h3-9,12,18H,10-11,13H2,1-2H3. The summed E-state index contributed by atoms with van der Waals surface area (Å²) in [4.78, 5) is 0. The van der Waals surface area contributed by atoms with Crippen molar-refractivity contribution in [1.29, 1.82) is 0 Å². The van der Waals surface area contributed by atoms with Crippen molar-refractivity contribution >= 4 is 0 Å². The van der Waals surface area contributed by atoms with Crippen molar-refractivity contribution in [2.24, 2.45) is 0 Å². The average molecular weight is 255 g/mol. The molecule has 0 aliphatic heterocycles. The summed E-state index contributed by atoms with van der Waals surface area (Å²) in [6, 6.07) is 16.7. The monoisotopic (exact) mass is 255 g/mol. The third-order valence-electron chi connectivity index (χ3n) is 3.15. The van der Waals surface area contributed by atoms with Crippen LogP contribution in [0.2, 0.25) is 0 Å². The Morgan fingerprint density at radius 2 is 1.79 bits per heavy atom. The molecule has 0 aliphatic rings. The first kappa shape index (κ1) is 13.6. The number of ether oxygens (including phenoxy) is 1. The quantitative estimate of drug-likeness (QED) is 0.855. The molecule has 0 saturated heterocycles. The Balaban J connectivity index is 2.02. The first-order chi connectivity index (χ1) is 9.29. The van der Waals surface area contributed by atoms with Crippen molar-refractivity contribution < 1.29 is 4.74 Å². The van der Waals surface area contributed by atoms with E-state index in [9.17, 15) is 0 Å². The Kier molecular flexibility index (Phi) is 4.99. The lowest BCUT2D eigenvalue weighted by Gasteiger charge is -2.11. The predicted molar refractivity (Wildman–Crippen MR) is 79.6 cm³/mol. The fourth-order valence-corrected chi connectivity index (χ4v) is 1.96. The molecule has 2 rings (SSSR count). The van der Waals surface area contributed by atoms with Gasteiger partial charge in [0, 0.05) is 0 Å². The maximum absolute atomic E-state index is 5.92. The SMILES string of the molecule is CNCCc1ccc(C)c(OCc2ccccc2)c1. The second-order valence-corrected chi connectivity index (χ2v) is 4.73. The van der Waals surface area contributed by atoms with Crippen molar-refractivity contribution in [3.05, 3.63) is 65.2 Å². The molecule has 0 unspecified atom stereocenters. The normalized spacial score (nSPS) is 10.4. The van der Waals surface area contributed by atoms with Crippen LogP contribution in [0, 0.1) is 6.92 Å². The summed E-state index contributed by atoms with van der Waals surface area (Å²) < 4.78 is 5.92. The molecule has 2 aromatic rings. The van der Waals surface area contributed by atoms with Crippen LogP contribution in [0.5, 0.6) is 5.75 Å². The number of rotatable bonds is 6. The Bertz CT molecular complexity index is 508. The van der Waals surface area contributed by atoms with E-state index in [1.807, 2.05) is 25.2 Å². The molecule has 19 heavy (non-hydrogen) atoms. The highest BCUT2D eigenvalue weighted by Gasteiger charge is 2.02. The lowest BCUT2D eigenvalue weighted by Crippen LogP contribution is -2.10. The third-order valence-corrected chi connectivity index (χ3v) is 3.15. The summed E-state index contributed by atoms with van der Waals surface area (Å²) in [5, 5.41) is 3.17. The number of benzene rings is 2. The van der Waals surface area contributed by atoms with Gasteiger partial charge in [-0.05, 0) is 49.7 Å². The molecule has 0 amide bonds. The number of aryl methyl sites for hydroxylation is 1. The van der Waals surface area contributed by atoms with Crippen LogP contribution in [0.4, 0.5) is 0 Å². The summed E-state index contributed by atoms with van der Waals surface area (Å²) in [6.07, 6.45) is 1.03. The summed E-state index contributed by atoms with van der Waals surface area (Å²) in [6.45, 7) is 3.69. The van der Waals surface area contributed by atoms with Crippen molar-refractivity contribution in [3.8, 4) is 5.75 Å². The second kappa shape index (κ2) is 6.95. The molecule has 0 heterocycles. The predicted octanol–water partition coefficient (Wildman–Crippen LogP) is 3.34. The Morgan fingerprint density at radius 1 is 1.00 bits per heavy atom. The number of nitrogens with one attached hydrogen (secondary N) is 1. The molecular weight excluding hydrogens is 234 g/mol. The van der Waals surface area contributed by atoms with Crippen LogP contribution < -0.4 is 10.1 Å². The summed E-state index contributed by atoms with van der Waals surface area (Å²) in [7, 11) is 1.97. The highest BCUT2D eigenvalue weighted by atomic mass is 16.5. The van der Waals surface area contributed by atoms with Crippen molar-refractivity contribution in [1.82, 2.24) is 5.32 Å². The van der Waals surface area contributed by atoms with E-state index < -0.39 is 0 Å². The van der Waals surface area contributed by atoms with Gasteiger partial charge >= 0.3 is 0 Å². The number of likely N-dealkylation sites (N-methyl/N-ethyl adjacent to an activating group) is 1. The Labute approximate surface area is 115 Å². The van der Waals surface area contributed by atoms with Gasteiger partial charge in [0.25, 0.3) is 0 Å². The van der Waals surface area contributed by atoms with Gasteiger partial charge in [0.1, 0.15) is 12.4 Å². The van der Waals surface area contributed by atoms with Crippen molar-refractivity contribution in [3.63, 3.8) is 0 Å². The molecule has 0 bridgehead atoms. The van der Waals surface area contributed by atoms with Gasteiger partial charge in [0.05, 0.1) is 0 Å². The first-order valence-electron chi connectivity index (χ1n) is 6.70. The zero-order chi connectivity index (χ0) is 13.5. The zero-order valence-electron chi connectivity index (χ0n) is 11.6. The van der Waals surface area contributed by atoms with Gasteiger partial charge in [-0.3, -0.25) is 0 Å². The van der Waals surface area contributed by atoms with Gasteiger partial charge in [-0.2, -0.15) is 0 Å². The van der Waals surface area contributed by atoms with Gasteiger partial charge in [-0.15, -0.1) is 0 Å². The van der Waals surface area contributed by atoms with Crippen LogP contribution in [0.3, 0.4) is 0 Å². The fraction of sp³-hybridized carbons (Fsp3) is 0.294. The maximum atomic E-state index is 5.92. The number of hydrogen-bond donors (Lipinski definition) is 1. The topological polar surface area (TPSA) is 21.3 Å². The molecule has 0 aliphatic carbocycles.